The Morgan fingerprint density at radius 3 is 2.28 bits per heavy atom. The molecule has 0 bridgehead atoms. The standard InChI is InChI=1S/C21H25ClN2O5/c1-11(2)29-20(26)18-12(3)19(24-14(18)5)21(27)28-10-17(25)23-13(4)15-6-8-16(22)9-7-15/h6-9,11,13,24H,10H2,1-5H3,(H,23,25)/t13-/m1/s1. The molecule has 0 aliphatic rings. The van der Waals surface area contributed by atoms with Crippen molar-refractivity contribution in [2.45, 2.75) is 46.8 Å². The third-order valence-corrected chi connectivity index (χ3v) is 4.52. The van der Waals surface area contributed by atoms with Crippen molar-refractivity contribution in [1.82, 2.24) is 10.3 Å². The summed E-state index contributed by atoms with van der Waals surface area (Å²) in [6.45, 7) is 8.15. The number of halogens is 1. The number of benzene rings is 1. The molecule has 1 aromatic heterocycles. The molecule has 0 saturated heterocycles. The molecule has 1 heterocycles. The lowest BCUT2D eigenvalue weighted by atomic mass is 10.1. The maximum atomic E-state index is 12.4. The van der Waals surface area contributed by atoms with Crippen molar-refractivity contribution in [2.24, 2.45) is 0 Å². The highest BCUT2D eigenvalue weighted by molar-refractivity contribution is 6.30. The summed E-state index contributed by atoms with van der Waals surface area (Å²) in [7, 11) is 0. The normalized spacial score (nSPS) is 11.8. The average molecular weight is 421 g/mol. The van der Waals surface area contributed by atoms with Crippen LogP contribution in [0.5, 0.6) is 0 Å². The van der Waals surface area contributed by atoms with Gasteiger partial charge in [-0.3, -0.25) is 4.79 Å². The minimum atomic E-state index is -0.719. The van der Waals surface area contributed by atoms with Crippen LogP contribution in [-0.4, -0.2) is 35.5 Å². The maximum Gasteiger partial charge on any atom is 0.355 e. The summed E-state index contributed by atoms with van der Waals surface area (Å²) in [5.74, 6) is -1.68. The molecule has 1 aromatic carbocycles. The van der Waals surface area contributed by atoms with Crippen molar-refractivity contribution >= 4 is 29.4 Å². The maximum absolute atomic E-state index is 12.4. The molecule has 156 valence electrons. The Bertz CT molecular complexity index is 903. The first-order valence-electron chi connectivity index (χ1n) is 9.22. The van der Waals surface area contributed by atoms with Crippen LogP contribution < -0.4 is 5.32 Å². The molecule has 0 saturated carbocycles. The van der Waals surface area contributed by atoms with Gasteiger partial charge in [-0.1, -0.05) is 23.7 Å². The predicted molar refractivity (Wildman–Crippen MR) is 109 cm³/mol. The third-order valence-electron chi connectivity index (χ3n) is 4.27. The van der Waals surface area contributed by atoms with Crippen LogP contribution in [0.1, 0.15) is 64.5 Å². The molecule has 0 aliphatic carbocycles. The smallest absolute Gasteiger partial charge is 0.355 e. The second kappa shape index (κ2) is 9.60. The summed E-state index contributed by atoms with van der Waals surface area (Å²) < 4.78 is 10.3. The SMILES string of the molecule is Cc1[nH]c(C(=O)OCC(=O)N[C@H](C)c2ccc(Cl)cc2)c(C)c1C(=O)OC(C)C. The van der Waals surface area contributed by atoms with Gasteiger partial charge < -0.3 is 19.8 Å². The summed E-state index contributed by atoms with van der Waals surface area (Å²) in [5.41, 5.74) is 2.22. The fourth-order valence-corrected chi connectivity index (χ4v) is 2.98. The lowest BCUT2D eigenvalue weighted by Gasteiger charge is -2.14. The van der Waals surface area contributed by atoms with Gasteiger partial charge in [-0.05, 0) is 57.9 Å². The second-order valence-electron chi connectivity index (χ2n) is 7.00. The Morgan fingerprint density at radius 2 is 1.69 bits per heavy atom. The van der Waals surface area contributed by atoms with Crippen molar-refractivity contribution in [3.05, 3.63) is 57.4 Å². The number of amides is 1. The van der Waals surface area contributed by atoms with Gasteiger partial charge in [0, 0.05) is 10.7 Å². The molecule has 8 heteroatoms. The van der Waals surface area contributed by atoms with Crippen molar-refractivity contribution in [3.63, 3.8) is 0 Å². The molecule has 7 nitrogen and oxygen atoms in total. The minimum Gasteiger partial charge on any atom is -0.459 e. The van der Waals surface area contributed by atoms with Gasteiger partial charge in [-0.25, -0.2) is 9.59 Å². The average Bonchev–Trinajstić information content (AvgIpc) is 2.94. The Labute approximate surface area is 174 Å². The Kier molecular flexibility index (Phi) is 7.45. The van der Waals surface area contributed by atoms with Gasteiger partial charge in [0.15, 0.2) is 6.61 Å². The number of ether oxygens (including phenoxy) is 2. The van der Waals surface area contributed by atoms with Crippen molar-refractivity contribution in [1.29, 1.82) is 0 Å². The largest absolute Gasteiger partial charge is 0.459 e. The van der Waals surface area contributed by atoms with Crippen LogP contribution in [0, 0.1) is 13.8 Å². The molecular formula is C21H25ClN2O5. The van der Waals surface area contributed by atoms with E-state index >= 15 is 0 Å². The number of H-pyrrole nitrogens is 1. The van der Waals surface area contributed by atoms with Crippen molar-refractivity contribution < 1.29 is 23.9 Å². The number of aromatic nitrogens is 1. The van der Waals surface area contributed by atoms with Crippen LogP contribution in [0.3, 0.4) is 0 Å². The van der Waals surface area contributed by atoms with Gasteiger partial charge in [0.05, 0.1) is 17.7 Å². The first kappa shape index (κ1) is 22.5. The van der Waals surface area contributed by atoms with Crippen LogP contribution in [-0.2, 0) is 14.3 Å². The number of carbonyl (C=O) groups excluding carboxylic acids is 3. The number of aromatic amines is 1. The van der Waals surface area contributed by atoms with Crippen LogP contribution >= 0.6 is 11.6 Å². The summed E-state index contributed by atoms with van der Waals surface area (Å²) in [5, 5.41) is 3.36. The number of nitrogens with one attached hydrogen (secondary N) is 2. The van der Waals surface area contributed by atoms with Gasteiger partial charge in [0.25, 0.3) is 5.91 Å². The van der Waals surface area contributed by atoms with Gasteiger partial charge >= 0.3 is 11.9 Å². The van der Waals surface area contributed by atoms with E-state index in [0.717, 1.165) is 5.56 Å². The van der Waals surface area contributed by atoms with Gasteiger partial charge in [0.1, 0.15) is 5.69 Å². The molecular weight excluding hydrogens is 396 g/mol. The lowest BCUT2D eigenvalue weighted by Crippen LogP contribution is -2.31. The Morgan fingerprint density at radius 1 is 1.07 bits per heavy atom. The zero-order chi connectivity index (χ0) is 21.7. The van der Waals surface area contributed by atoms with E-state index in [2.05, 4.69) is 10.3 Å². The van der Waals surface area contributed by atoms with E-state index in [4.69, 9.17) is 21.1 Å². The molecule has 0 fully saturated rings. The van der Waals surface area contributed by atoms with Crippen molar-refractivity contribution in [3.8, 4) is 0 Å². The molecule has 29 heavy (non-hydrogen) atoms. The van der Waals surface area contributed by atoms with E-state index in [-0.39, 0.29) is 17.8 Å². The monoisotopic (exact) mass is 420 g/mol. The minimum absolute atomic E-state index is 0.122. The lowest BCUT2D eigenvalue weighted by molar-refractivity contribution is -0.124. The fourth-order valence-electron chi connectivity index (χ4n) is 2.85. The van der Waals surface area contributed by atoms with Crippen LogP contribution in [0.15, 0.2) is 24.3 Å². The topological polar surface area (TPSA) is 97.5 Å². The van der Waals surface area contributed by atoms with E-state index < -0.39 is 24.5 Å². The van der Waals surface area contributed by atoms with E-state index in [1.807, 2.05) is 19.1 Å². The van der Waals surface area contributed by atoms with Crippen LogP contribution in [0.2, 0.25) is 5.02 Å². The third kappa shape index (κ3) is 5.84. The fraction of sp³-hybridized carbons (Fsp3) is 0.381. The number of hydrogen-bond donors (Lipinski definition) is 2. The molecule has 2 N–H and O–H groups in total. The Balaban J connectivity index is 1.97. The van der Waals surface area contributed by atoms with Crippen LogP contribution in [0.4, 0.5) is 0 Å². The highest BCUT2D eigenvalue weighted by Gasteiger charge is 2.25. The molecule has 2 rings (SSSR count). The number of carbonyl (C=O) groups is 3. The zero-order valence-electron chi connectivity index (χ0n) is 17.1. The molecule has 0 radical (unpaired) electrons. The molecule has 2 aromatic rings. The van der Waals surface area contributed by atoms with Crippen molar-refractivity contribution in [2.75, 3.05) is 6.61 Å². The van der Waals surface area contributed by atoms with E-state index in [1.54, 1.807) is 39.8 Å². The zero-order valence-corrected chi connectivity index (χ0v) is 17.8. The summed E-state index contributed by atoms with van der Waals surface area (Å²) in [6, 6.07) is 6.81. The first-order chi connectivity index (χ1) is 13.6. The van der Waals surface area contributed by atoms with Gasteiger partial charge in [0.2, 0.25) is 0 Å². The number of esters is 2. The molecule has 0 spiro atoms. The Hall–Kier alpha value is -2.80. The van der Waals surface area contributed by atoms with E-state index in [0.29, 0.717) is 21.8 Å². The van der Waals surface area contributed by atoms with Gasteiger partial charge in [-0.15, -0.1) is 0 Å². The van der Waals surface area contributed by atoms with E-state index in [9.17, 15) is 14.4 Å². The number of hydrogen-bond acceptors (Lipinski definition) is 5. The summed E-state index contributed by atoms with van der Waals surface area (Å²) in [4.78, 5) is 39.5. The molecule has 1 atom stereocenters. The molecule has 1 amide bonds. The molecule has 0 unspecified atom stereocenters. The highest BCUT2D eigenvalue weighted by Crippen LogP contribution is 2.20. The summed E-state index contributed by atoms with van der Waals surface area (Å²) >= 11 is 5.86. The van der Waals surface area contributed by atoms with E-state index in [1.165, 1.54) is 0 Å². The predicted octanol–water partition coefficient (Wildman–Crippen LogP) is 3.88. The first-order valence-corrected chi connectivity index (χ1v) is 9.60. The van der Waals surface area contributed by atoms with Gasteiger partial charge in [-0.2, -0.15) is 0 Å². The highest BCUT2D eigenvalue weighted by atomic mass is 35.5. The number of rotatable bonds is 7. The van der Waals surface area contributed by atoms with Crippen LogP contribution in [0.25, 0.3) is 0 Å². The summed E-state index contributed by atoms with van der Waals surface area (Å²) in [6.07, 6.45) is -0.280. The second-order valence-corrected chi connectivity index (χ2v) is 7.43. The quantitative estimate of drug-likeness (QED) is 0.662. The molecule has 0 aliphatic heterocycles. The number of aryl methyl sites for hydroxylation is 1.